The van der Waals surface area contributed by atoms with Crippen LogP contribution in [0, 0.1) is 0 Å². The summed E-state index contributed by atoms with van der Waals surface area (Å²) in [6, 6.07) is 2.59. The van der Waals surface area contributed by atoms with Crippen LogP contribution in [-0.4, -0.2) is 15.3 Å². The molecule has 2 rings (SSSR count). The Morgan fingerprint density at radius 1 is 1.64 bits per heavy atom. The molecule has 0 aromatic carbocycles. The van der Waals surface area contributed by atoms with E-state index in [2.05, 4.69) is 31.2 Å². The molecule has 1 saturated carbocycles. The summed E-state index contributed by atoms with van der Waals surface area (Å²) in [5.74, 6) is 0. The molecule has 0 radical (unpaired) electrons. The highest BCUT2D eigenvalue weighted by atomic mass is 15.3. The van der Waals surface area contributed by atoms with Crippen molar-refractivity contribution in [1.29, 1.82) is 0 Å². The van der Waals surface area contributed by atoms with Gasteiger partial charge in [-0.1, -0.05) is 6.92 Å². The van der Waals surface area contributed by atoms with Crippen LogP contribution >= 0.6 is 0 Å². The average molecular weight is 193 g/mol. The maximum absolute atomic E-state index is 6.05. The summed E-state index contributed by atoms with van der Waals surface area (Å²) in [5, 5.41) is 4.54. The van der Waals surface area contributed by atoms with Crippen LogP contribution in [0.25, 0.3) is 0 Å². The van der Waals surface area contributed by atoms with E-state index in [-0.39, 0.29) is 5.54 Å². The fraction of sp³-hybridized carbons (Fsp3) is 0.727. The molecule has 1 aromatic rings. The van der Waals surface area contributed by atoms with Gasteiger partial charge < -0.3 is 5.73 Å². The largest absolute Gasteiger partial charge is 0.325 e. The second kappa shape index (κ2) is 3.39. The van der Waals surface area contributed by atoms with Crippen molar-refractivity contribution in [3.8, 4) is 0 Å². The number of nitrogens with two attached hydrogens (primary N) is 1. The molecular formula is C11H19N3. The van der Waals surface area contributed by atoms with Gasteiger partial charge in [-0.05, 0) is 32.3 Å². The van der Waals surface area contributed by atoms with Gasteiger partial charge in [0.15, 0.2) is 0 Å². The maximum atomic E-state index is 6.05. The molecule has 0 aliphatic heterocycles. The minimum absolute atomic E-state index is 0.0780. The zero-order valence-corrected chi connectivity index (χ0v) is 9.03. The number of rotatable bonds is 4. The lowest BCUT2D eigenvalue weighted by Crippen LogP contribution is -2.24. The SMILES string of the molecule is CCC(C)n1ccc(CC2(N)CC2)n1. The third-order valence-electron chi connectivity index (χ3n) is 3.13. The van der Waals surface area contributed by atoms with Gasteiger partial charge in [-0.3, -0.25) is 4.68 Å². The first-order valence-electron chi connectivity index (χ1n) is 5.46. The Balaban J connectivity index is 2.02. The molecule has 1 unspecified atom stereocenters. The van der Waals surface area contributed by atoms with E-state index in [9.17, 15) is 0 Å². The second-order valence-electron chi connectivity index (χ2n) is 4.58. The summed E-state index contributed by atoms with van der Waals surface area (Å²) < 4.78 is 2.04. The zero-order chi connectivity index (χ0) is 10.2. The highest BCUT2D eigenvalue weighted by Gasteiger charge is 2.38. The molecule has 78 valence electrons. The Labute approximate surface area is 85.3 Å². The van der Waals surface area contributed by atoms with Crippen molar-refractivity contribution in [2.24, 2.45) is 5.73 Å². The van der Waals surface area contributed by atoms with Gasteiger partial charge in [-0.25, -0.2) is 0 Å². The topological polar surface area (TPSA) is 43.8 Å². The molecular weight excluding hydrogens is 174 g/mol. The van der Waals surface area contributed by atoms with E-state index in [1.54, 1.807) is 0 Å². The first-order valence-corrected chi connectivity index (χ1v) is 5.46. The molecule has 1 atom stereocenters. The predicted molar refractivity (Wildman–Crippen MR) is 57.1 cm³/mol. The molecule has 1 aliphatic carbocycles. The van der Waals surface area contributed by atoms with Crippen molar-refractivity contribution in [2.45, 2.75) is 51.1 Å². The Hall–Kier alpha value is -0.830. The third kappa shape index (κ3) is 1.98. The maximum Gasteiger partial charge on any atom is 0.0643 e. The summed E-state index contributed by atoms with van der Waals surface area (Å²) in [4.78, 5) is 0. The van der Waals surface area contributed by atoms with Crippen LogP contribution in [0.4, 0.5) is 0 Å². The van der Waals surface area contributed by atoms with E-state index < -0.39 is 0 Å². The lowest BCUT2D eigenvalue weighted by atomic mass is 10.1. The number of aromatic nitrogens is 2. The second-order valence-corrected chi connectivity index (χ2v) is 4.58. The van der Waals surface area contributed by atoms with Crippen molar-refractivity contribution in [2.75, 3.05) is 0 Å². The monoisotopic (exact) mass is 193 g/mol. The van der Waals surface area contributed by atoms with Gasteiger partial charge in [-0.2, -0.15) is 5.10 Å². The van der Waals surface area contributed by atoms with Crippen molar-refractivity contribution >= 4 is 0 Å². The zero-order valence-electron chi connectivity index (χ0n) is 9.03. The van der Waals surface area contributed by atoms with Gasteiger partial charge in [-0.15, -0.1) is 0 Å². The minimum atomic E-state index is 0.0780. The minimum Gasteiger partial charge on any atom is -0.325 e. The van der Waals surface area contributed by atoms with E-state index in [0.717, 1.165) is 31.4 Å². The number of hydrogen-bond donors (Lipinski definition) is 1. The Morgan fingerprint density at radius 3 is 2.93 bits per heavy atom. The fourth-order valence-corrected chi connectivity index (χ4v) is 1.60. The summed E-state index contributed by atoms with van der Waals surface area (Å²) in [7, 11) is 0. The molecule has 0 amide bonds. The standard InChI is InChI=1S/C11H19N3/c1-3-9(2)14-7-4-10(13-14)8-11(12)5-6-11/h4,7,9H,3,5-6,8,12H2,1-2H3. The molecule has 1 aromatic heterocycles. The Bertz CT molecular complexity index is 312. The van der Waals surface area contributed by atoms with Crippen molar-refractivity contribution in [3.05, 3.63) is 18.0 Å². The summed E-state index contributed by atoms with van der Waals surface area (Å²) in [6.07, 6.45) is 6.44. The van der Waals surface area contributed by atoms with Crippen molar-refractivity contribution < 1.29 is 0 Å². The third-order valence-corrected chi connectivity index (χ3v) is 3.13. The molecule has 1 aliphatic rings. The lowest BCUT2D eigenvalue weighted by Gasteiger charge is -2.09. The summed E-state index contributed by atoms with van der Waals surface area (Å²) in [6.45, 7) is 4.36. The van der Waals surface area contributed by atoms with Crippen LogP contribution in [-0.2, 0) is 6.42 Å². The van der Waals surface area contributed by atoms with Crippen molar-refractivity contribution in [3.63, 3.8) is 0 Å². The van der Waals surface area contributed by atoms with Crippen LogP contribution in [0.2, 0.25) is 0 Å². The van der Waals surface area contributed by atoms with Crippen LogP contribution < -0.4 is 5.73 Å². The molecule has 3 nitrogen and oxygen atoms in total. The van der Waals surface area contributed by atoms with E-state index in [1.165, 1.54) is 0 Å². The Morgan fingerprint density at radius 2 is 2.36 bits per heavy atom. The van der Waals surface area contributed by atoms with Gasteiger partial charge in [0.1, 0.15) is 0 Å². The van der Waals surface area contributed by atoms with Crippen LogP contribution in [0.15, 0.2) is 12.3 Å². The average Bonchev–Trinajstić information content (AvgIpc) is 2.71. The van der Waals surface area contributed by atoms with E-state index in [1.807, 2.05) is 4.68 Å². The van der Waals surface area contributed by atoms with Crippen LogP contribution in [0.5, 0.6) is 0 Å². The van der Waals surface area contributed by atoms with Crippen LogP contribution in [0.3, 0.4) is 0 Å². The lowest BCUT2D eigenvalue weighted by molar-refractivity contribution is 0.471. The molecule has 1 fully saturated rings. The van der Waals surface area contributed by atoms with Gasteiger partial charge in [0.05, 0.1) is 5.69 Å². The number of nitrogens with zero attached hydrogens (tertiary/aromatic N) is 2. The summed E-state index contributed by atoms with van der Waals surface area (Å²) >= 11 is 0. The highest BCUT2D eigenvalue weighted by molar-refractivity contribution is 5.11. The van der Waals surface area contributed by atoms with Crippen molar-refractivity contribution in [1.82, 2.24) is 9.78 Å². The van der Waals surface area contributed by atoms with Gasteiger partial charge in [0.2, 0.25) is 0 Å². The fourth-order valence-electron chi connectivity index (χ4n) is 1.60. The van der Waals surface area contributed by atoms with E-state index in [4.69, 9.17) is 5.73 Å². The van der Waals surface area contributed by atoms with Gasteiger partial charge >= 0.3 is 0 Å². The van der Waals surface area contributed by atoms with Gasteiger partial charge in [0, 0.05) is 24.2 Å². The molecule has 0 saturated heterocycles. The highest BCUT2D eigenvalue weighted by Crippen LogP contribution is 2.35. The van der Waals surface area contributed by atoms with E-state index >= 15 is 0 Å². The molecule has 0 spiro atoms. The predicted octanol–water partition coefficient (Wildman–Crippen LogP) is 1.89. The molecule has 3 heteroatoms. The summed E-state index contributed by atoms with van der Waals surface area (Å²) in [5.41, 5.74) is 7.27. The normalized spacial score (nSPS) is 20.8. The Kier molecular flexibility index (Phi) is 2.35. The van der Waals surface area contributed by atoms with E-state index in [0.29, 0.717) is 6.04 Å². The van der Waals surface area contributed by atoms with Gasteiger partial charge in [0.25, 0.3) is 0 Å². The van der Waals surface area contributed by atoms with Crippen LogP contribution in [0.1, 0.15) is 44.8 Å². The smallest absolute Gasteiger partial charge is 0.0643 e. The molecule has 0 bridgehead atoms. The first-order chi connectivity index (χ1) is 6.63. The molecule has 1 heterocycles. The first kappa shape index (κ1) is 9.71. The quantitative estimate of drug-likeness (QED) is 0.793. The molecule has 2 N–H and O–H groups in total. The number of hydrogen-bond acceptors (Lipinski definition) is 2. The molecule has 14 heavy (non-hydrogen) atoms.